The maximum absolute atomic E-state index is 5.30. The number of hydrogen-bond donors (Lipinski definition) is 1. The van der Waals surface area contributed by atoms with Crippen LogP contribution >= 0.6 is 24.0 Å². The Kier molecular flexibility index (Phi) is 8.37. The standard InChI is InChI=1S/C19H27N5O.HI/c1-3-21-19(23-10-8-16(13-23)14-25-2)22-12-17-6-4-5-7-18(17)24-11-9-20-15-24;/h4-7,9,11,15-16H,3,8,10,12-14H2,1-2H3,(H,21,22);1H. The quantitative estimate of drug-likeness (QED) is 0.402. The first-order chi connectivity index (χ1) is 12.3. The summed E-state index contributed by atoms with van der Waals surface area (Å²) < 4.78 is 7.33. The van der Waals surface area contributed by atoms with Crippen LogP contribution in [0.3, 0.4) is 0 Å². The Morgan fingerprint density at radius 1 is 1.38 bits per heavy atom. The maximum atomic E-state index is 5.30. The average molecular weight is 469 g/mol. The molecule has 1 aromatic carbocycles. The van der Waals surface area contributed by atoms with Gasteiger partial charge < -0.3 is 19.5 Å². The molecule has 0 aliphatic carbocycles. The number of imidazole rings is 1. The largest absolute Gasteiger partial charge is 0.384 e. The second-order valence-corrected chi connectivity index (χ2v) is 6.32. The first kappa shape index (κ1) is 20.7. The molecule has 0 saturated carbocycles. The van der Waals surface area contributed by atoms with E-state index in [2.05, 4.69) is 40.3 Å². The highest BCUT2D eigenvalue weighted by atomic mass is 127. The molecule has 6 nitrogen and oxygen atoms in total. The van der Waals surface area contributed by atoms with E-state index in [1.54, 1.807) is 13.3 Å². The van der Waals surface area contributed by atoms with Gasteiger partial charge in [-0.3, -0.25) is 0 Å². The molecule has 2 heterocycles. The third-order valence-electron chi connectivity index (χ3n) is 4.50. The van der Waals surface area contributed by atoms with Gasteiger partial charge in [-0.2, -0.15) is 0 Å². The smallest absolute Gasteiger partial charge is 0.194 e. The molecule has 26 heavy (non-hydrogen) atoms. The molecule has 1 saturated heterocycles. The number of aromatic nitrogens is 2. The van der Waals surface area contributed by atoms with E-state index >= 15 is 0 Å². The second kappa shape index (κ2) is 10.5. The molecule has 1 aliphatic heterocycles. The van der Waals surface area contributed by atoms with Crippen molar-refractivity contribution in [3.63, 3.8) is 0 Å². The summed E-state index contributed by atoms with van der Waals surface area (Å²) in [6.07, 6.45) is 6.74. The molecule has 1 atom stereocenters. The van der Waals surface area contributed by atoms with Gasteiger partial charge >= 0.3 is 0 Å². The molecule has 3 rings (SSSR count). The summed E-state index contributed by atoms with van der Waals surface area (Å²) in [4.78, 5) is 11.4. The van der Waals surface area contributed by atoms with E-state index in [1.807, 2.05) is 23.2 Å². The highest BCUT2D eigenvalue weighted by Crippen LogP contribution is 2.18. The molecule has 2 aromatic rings. The molecule has 142 valence electrons. The summed E-state index contributed by atoms with van der Waals surface area (Å²) in [6.45, 7) is 6.47. The number of benzene rings is 1. The van der Waals surface area contributed by atoms with Crippen molar-refractivity contribution in [2.75, 3.05) is 33.4 Å². The predicted octanol–water partition coefficient (Wildman–Crippen LogP) is 2.92. The molecule has 0 spiro atoms. The fourth-order valence-electron chi connectivity index (χ4n) is 3.28. The Morgan fingerprint density at radius 2 is 2.23 bits per heavy atom. The van der Waals surface area contributed by atoms with Crippen LogP contribution < -0.4 is 5.32 Å². The van der Waals surface area contributed by atoms with Crippen LogP contribution in [0.4, 0.5) is 0 Å². The number of hydrogen-bond acceptors (Lipinski definition) is 3. The number of aliphatic imine (C=N–C) groups is 1. The Bertz CT molecular complexity index is 689. The van der Waals surface area contributed by atoms with E-state index in [1.165, 1.54) is 5.56 Å². The van der Waals surface area contributed by atoms with Crippen LogP contribution in [-0.2, 0) is 11.3 Å². The van der Waals surface area contributed by atoms with Crippen LogP contribution in [0.15, 0.2) is 48.0 Å². The molecule has 0 amide bonds. The molecule has 0 bridgehead atoms. The number of methoxy groups -OCH3 is 1. The van der Waals surface area contributed by atoms with Crippen molar-refractivity contribution < 1.29 is 4.74 Å². The van der Waals surface area contributed by atoms with Crippen molar-refractivity contribution in [3.8, 4) is 5.69 Å². The number of guanidine groups is 1. The van der Waals surface area contributed by atoms with Gasteiger partial charge in [0, 0.05) is 45.1 Å². The number of nitrogens with one attached hydrogen (secondary N) is 1. The van der Waals surface area contributed by atoms with Crippen LogP contribution in [0.25, 0.3) is 5.69 Å². The zero-order valence-corrected chi connectivity index (χ0v) is 17.8. The summed E-state index contributed by atoms with van der Waals surface area (Å²) in [6, 6.07) is 8.33. The zero-order valence-electron chi connectivity index (χ0n) is 15.5. The van der Waals surface area contributed by atoms with Crippen molar-refractivity contribution in [2.24, 2.45) is 10.9 Å². The fraction of sp³-hybridized carbons (Fsp3) is 0.474. The Morgan fingerprint density at radius 3 is 2.96 bits per heavy atom. The Hall–Kier alpha value is -1.61. The van der Waals surface area contributed by atoms with Crippen molar-refractivity contribution in [2.45, 2.75) is 19.9 Å². The van der Waals surface area contributed by atoms with Gasteiger partial charge in [-0.05, 0) is 25.0 Å². The highest BCUT2D eigenvalue weighted by molar-refractivity contribution is 14.0. The summed E-state index contributed by atoms with van der Waals surface area (Å²) >= 11 is 0. The van der Waals surface area contributed by atoms with Crippen LogP contribution in [0.5, 0.6) is 0 Å². The molecule has 7 heteroatoms. The monoisotopic (exact) mass is 469 g/mol. The molecule has 1 fully saturated rings. The van der Waals surface area contributed by atoms with Gasteiger partial charge in [-0.15, -0.1) is 24.0 Å². The van der Waals surface area contributed by atoms with Crippen LogP contribution in [-0.4, -0.2) is 53.8 Å². The summed E-state index contributed by atoms with van der Waals surface area (Å²) in [5.74, 6) is 1.58. The van der Waals surface area contributed by atoms with Crippen molar-refractivity contribution in [1.29, 1.82) is 0 Å². The van der Waals surface area contributed by atoms with Gasteiger partial charge in [0.25, 0.3) is 0 Å². The first-order valence-corrected chi connectivity index (χ1v) is 8.90. The van der Waals surface area contributed by atoms with Gasteiger partial charge in [0.15, 0.2) is 5.96 Å². The van der Waals surface area contributed by atoms with Gasteiger partial charge in [-0.25, -0.2) is 9.98 Å². The molecular formula is C19H28IN5O. The Labute approximate surface area is 172 Å². The van der Waals surface area contributed by atoms with E-state index in [4.69, 9.17) is 9.73 Å². The topological polar surface area (TPSA) is 54.7 Å². The molecule has 1 unspecified atom stereocenters. The minimum absolute atomic E-state index is 0. The van der Waals surface area contributed by atoms with Crippen molar-refractivity contribution >= 4 is 29.9 Å². The molecule has 0 radical (unpaired) electrons. The summed E-state index contributed by atoms with van der Waals surface area (Å²) in [7, 11) is 1.77. The number of halogens is 1. The third-order valence-corrected chi connectivity index (χ3v) is 4.50. The molecule has 1 aliphatic rings. The Balaban J connectivity index is 0.00000243. The van der Waals surface area contributed by atoms with Crippen LogP contribution in [0, 0.1) is 5.92 Å². The zero-order chi connectivity index (χ0) is 17.5. The SMILES string of the molecule is CCNC(=NCc1ccccc1-n1ccnc1)N1CCC(COC)C1.I. The lowest BCUT2D eigenvalue weighted by Crippen LogP contribution is -2.40. The van der Waals surface area contributed by atoms with E-state index in [0.29, 0.717) is 12.5 Å². The summed E-state index contributed by atoms with van der Waals surface area (Å²) in [5.41, 5.74) is 2.31. The van der Waals surface area contributed by atoms with E-state index in [9.17, 15) is 0 Å². The summed E-state index contributed by atoms with van der Waals surface area (Å²) in [5, 5.41) is 3.43. The first-order valence-electron chi connectivity index (χ1n) is 8.90. The lowest BCUT2D eigenvalue weighted by molar-refractivity contribution is 0.157. The predicted molar refractivity (Wildman–Crippen MR) is 115 cm³/mol. The van der Waals surface area contributed by atoms with Gasteiger partial charge in [0.05, 0.1) is 25.2 Å². The maximum Gasteiger partial charge on any atom is 0.194 e. The van der Waals surface area contributed by atoms with E-state index in [0.717, 1.165) is 44.3 Å². The number of nitrogens with zero attached hydrogens (tertiary/aromatic N) is 4. The molecule has 1 N–H and O–H groups in total. The minimum atomic E-state index is 0. The number of ether oxygens (including phenoxy) is 1. The number of likely N-dealkylation sites (tertiary alicyclic amines) is 1. The van der Waals surface area contributed by atoms with Gasteiger partial charge in [0.1, 0.15) is 0 Å². The van der Waals surface area contributed by atoms with E-state index < -0.39 is 0 Å². The lowest BCUT2D eigenvalue weighted by Gasteiger charge is -2.22. The van der Waals surface area contributed by atoms with Crippen LogP contribution in [0.2, 0.25) is 0 Å². The van der Waals surface area contributed by atoms with Gasteiger partial charge in [0.2, 0.25) is 0 Å². The number of para-hydroxylation sites is 1. The lowest BCUT2D eigenvalue weighted by atomic mass is 10.1. The fourth-order valence-corrected chi connectivity index (χ4v) is 3.28. The van der Waals surface area contributed by atoms with Crippen molar-refractivity contribution in [3.05, 3.63) is 48.5 Å². The number of rotatable bonds is 6. The normalized spacial score (nSPS) is 17.2. The third kappa shape index (κ3) is 5.20. The molecular weight excluding hydrogens is 441 g/mol. The van der Waals surface area contributed by atoms with Crippen LogP contribution in [0.1, 0.15) is 18.9 Å². The second-order valence-electron chi connectivity index (χ2n) is 6.32. The molecule has 1 aromatic heterocycles. The highest BCUT2D eigenvalue weighted by Gasteiger charge is 2.24. The average Bonchev–Trinajstić information content (AvgIpc) is 3.31. The van der Waals surface area contributed by atoms with Gasteiger partial charge in [-0.1, -0.05) is 18.2 Å². The van der Waals surface area contributed by atoms with E-state index in [-0.39, 0.29) is 24.0 Å². The minimum Gasteiger partial charge on any atom is -0.384 e. The van der Waals surface area contributed by atoms with Crippen molar-refractivity contribution in [1.82, 2.24) is 19.8 Å².